The van der Waals surface area contributed by atoms with Crippen molar-refractivity contribution in [3.63, 3.8) is 0 Å². The molecule has 0 aliphatic rings. The van der Waals surface area contributed by atoms with E-state index in [0.717, 1.165) is 24.6 Å². The summed E-state index contributed by atoms with van der Waals surface area (Å²) in [6.07, 6.45) is 3.07. The predicted octanol–water partition coefficient (Wildman–Crippen LogP) is 3.11. The van der Waals surface area contributed by atoms with Gasteiger partial charge in [0.25, 0.3) is 11.5 Å². The Morgan fingerprint density at radius 1 is 1.17 bits per heavy atom. The molecule has 0 atom stereocenters. The summed E-state index contributed by atoms with van der Waals surface area (Å²) < 4.78 is 7.01. The van der Waals surface area contributed by atoms with Crippen LogP contribution >= 0.6 is 0 Å². The molecule has 3 aromatic rings. The second-order valence-corrected chi connectivity index (χ2v) is 6.96. The third-order valence-corrected chi connectivity index (χ3v) is 4.84. The molecule has 3 rings (SSSR count). The quantitative estimate of drug-likeness (QED) is 0.605. The zero-order valence-corrected chi connectivity index (χ0v) is 16.7. The number of nitrogens with two attached hydrogens (primary N) is 1. The number of amides is 1. The van der Waals surface area contributed by atoms with Crippen LogP contribution in [0.2, 0.25) is 0 Å². The highest BCUT2D eigenvalue weighted by atomic mass is 16.3. The molecule has 0 unspecified atom stereocenters. The Hall–Kier alpha value is -3.29. The molecule has 0 saturated heterocycles. The number of furan rings is 1. The van der Waals surface area contributed by atoms with Crippen molar-refractivity contribution in [2.45, 2.75) is 46.1 Å². The highest BCUT2D eigenvalue weighted by Gasteiger charge is 2.27. The van der Waals surface area contributed by atoms with Crippen LogP contribution in [0.5, 0.6) is 0 Å². The number of aromatic nitrogens is 2. The Labute approximate surface area is 167 Å². The maximum Gasteiger partial charge on any atom is 0.330 e. The Morgan fingerprint density at radius 2 is 1.90 bits per heavy atom. The molecule has 0 aliphatic heterocycles. The highest BCUT2D eigenvalue weighted by Crippen LogP contribution is 2.24. The molecule has 154 valence electrons. The third kappa shape index (κ3) is 4.11. The van der Waals surface area contributed by atoms with Gasteiger partial charge in [-0.15, -0.1) is 0 Å². The number of rotatable bonds is 8. The van der Waals surface area contributed by atoms with Gasteiger partial charge in [-0.1, -0.05) is 44.9 Å². The molecular weight excluding hydrogens is 372 g/mol. The van der Waals surface area contributed by atoms with Gasteiger partial charge in [-0.05, 0) is 25.0 Å². The summed E-state index contributed by atoms with van der Waals surface area (Å²) in [4.78, 5) is 41.7. The standard InChI is InChI=1S/C21H26N4O4/c1-3-5-11-24(20(27)16-13-14-9-7-8-10-15(14)29-16)17-18(22)25(12-6-4-2)21(28)23-19(17)26/h7-10,13H,3-6,11-12,22H2,1-2H3,(H,23,26,28). The minimum atomic E-state index is -0.680. The van der Waals surface area contributed by atoms with E-state index in [1.54, 1.807) is 12.1 Å². The molecule has 0 spiro atoms. The van der Waals surface area contributed by atoms with Gasteiger partial charge in [0.1, 0.15) is 11.4 Å². The van der Waals surface area contributed by atoms with Crippen LogP contribution in [0, 0.1) is 0 Å². The van der Waals surface area contributed by atoms with Crippen molar-refractivity contribution < 1.29 is 9.21 Å². The fourth-order valence-corrected chi connectivity index (χ4v) is 3.23. The van der Waals surface area contributed by atoms with Crippen molar-refractivity contribution in [3.8, 4) is 0 Å². The number of carbonyl (C=O) groups is 1. The first kappa shape index (κ1) is 20.4. The van der Waals surface area contributed by atoms with E-state index in [1.807, 2.05) is 32.0 Å². The Morgan fingerprint density at radius 3 is 2.59 bits per heavy atom. The molecule has 1 aromatic carbocycles. The lowest BCUT2D eigenvalue weighted by molar-refractivity contribution is 0.0961. The summed E-state index contributed by atoms with van der Waals surface area (Å²) in [5, 5.41) is 0.793. The number of aromatic amines is 1. The van der Waals surface area contributed by atoms with Gasteiger partial charge in [-0.25, -0.2) is 4.79 Å². The number of para-hydroxylation sites is 1. The number of unbranched alkanes of at least 4 members (excludes halogenated alkanes) is 2. The van der Waals surface area contributed by atoms with Gasteiger partial charge in [-0.3, -0.25) is 24.0 Å². The van der Waals surface area contributed by atoms with Crippen molar-refractivity contribution in [1.29, 1.82) is 0 Å². The van der Waals surface area contributed by atoms with E-state index in [2.05, 4.69) is 4.98 Å². The number of H-pyrrole nitrogens is 1. The molecule has 0 fully saturated rings. The summed E-state index contributed by atoms with van der Waals surface area (Å²) in [5.41, 5.74) is 5.53. The molecule has 8 heteroatoms. The molecule has 2 heterocycles. The molecule has 1 amide bonds. The van der Waals surface area contributed by atoms with Crippen LogP contribution in [0.15, 0.2) is 44.3 Å². The smallest absolute Gasteiger partial charge is 0.330 e. The summed E-state index contributed by atoms with van der Waals surface area (Å²) in [7, 11) is 0. The van der Waals surface area contributed by atoms with Crippen LogP contribution in [0.1, 0.15) is 50.1 Å². The van der Waals surface area contributed by atoms with E-state index in [9.17, 15) is 14.4 Å². The SMILES string of the molecule is CCCCN(C(=O)c1cc2ccccc2o1)c1c(N)n(CCCC)c(=O)[nH]c1=O. The molecule has 0 bridgehead atoms. The Balaban J connectivity index is 2.10. The summed E-state index contributed by atoms with van der Waals surface area (Å²) in [6.45, 7) is 4.63. The fourth-order valence-electron chi connectivity index (χ4n) is 3.23. The third-order valence-electron chi connectivity index (χ3n) is 4.84. The first-order valence-electron chi connectivity index (χ1n) is 9.91. The molecule has 0 saturated carbocycles. The van der Waals surface area contributed by atoms with Crippen molar-refractivity contribution in [2.24, 2.45) is 0 Å². The number of hydrogen-bond acceptors (Lipinski definition) is 5. The second kappa shape index (κ2) is 8.81. The summed E-state index contributed by atoms with van der Waals surface area (Å²) >= 11 is 0. The average Bonchev–Trinajstić information content (AvgIpc) is 3.14. The maximum atomic E-state index is 13.3. The topological polar surface area (TPSA) is 114 Å². The highest BCUT2D eigenvalue weighted by molar-refractivity contribution is 6.07. The molecule has 29 heavy (non-hydrogen) atoms. The zero-order chi connectivity index (χ0) is 21.0. The lowest BCUT2D eigenvalue weighted by Gasteiger charge is -2.23. The molecule has 0 radical (unpaired) electrons. The van der Waals surface area contributed by atoms with Gasteiger partial charge in [0.15, 0.2) is 11.4 Å². The fraction of sp³-hybridized carbons (Fsp3) is 0.381. The number of benzene rings is 1. The molecule has 8 nitrogen and oxygen atoms in total. The minimum absolute atomic E-state index is 0.00670. The van der Waals surface area contributed by atoms with Crippen molar-refractivity contribution in [3.05, 3.63) is 56.9 Å². The predicted molar refractivity (Wildman–Crippen MR) is 113 cm³/mol. The van der Waals surface area contributed by atoms with Crippen LogP contribution in [0.4, 0.5) is 11.5 Å². The van der Waals surface area contributed by atoms with Crippen molar-refractivity contribution >= 4 is 28.4 Å². The summed E-state index contributed by atoms with van der Waals surface area (Å²) in [6, 6.07) is 8.94. The van der Waals surface area contributed by atoms with E-state index in [1.165, 1.54) is 9.47 Å². The van der Waals surface area contributed by atoms with Crippen LogP contribution in [-0.2, 0) is 6.54 Å². The molecule has 3 N–H and O–H groups in total. The number of nitrogens with one attached hydrogen (secondary N) is 1. The monoisotopic (exact) mass is 398 g/mol. The molecular formula is C21H26N4O4. The Bertz CT molecular complexity index is 1090. The zero-order valence-electron chi connectivity index (χ0n) is 16.7. The van der Waals surface area contributed by atoms with Crippen LogP contribution in [-0.4, -0.2) is 22.0 Å². The minimum Gasteiger partial charge on any atom is -0.451 e. The number of nitrogen functional groups attached to an aromatic ring is 1. The summed E-state index contributed by atoms with van der Waals surface area (Å²) in [5.74, 6) is -0.354. The maximum absolute atomic E-state index is 13.3. The number of fused-ring (bicyclic) bond motifs is 1. The van der Waals surface area contributed by atoms with Gasteiger partial charge in [0.2, 0.25) is 0 Å². The lowest BCUT2D eigenvalue weighted by atomic mass is 10.2. The van der Waals surface area contributed by atoms with Crippen molar-refractivity contribution in [1.82, 2.24) is 9.55 Å². The normalized spacial score (nSPS) is 11.1. The van der Waals surface area contributed by atoms with Gasteiger partial charge in [-0.2, -0.15) is 0 Å². The first-order chi connectivity index (χ1) is 14.0. The second-order valence-electron chi connectivity index (χ2n) is 6.96. The molecule has 0 aliphatic carbocycles. The van der Waals surface area contributed by atoms with Crippen LogP contribution in [0.3, 0.4) is 0 Å². The van der Waals surface area contributed by atoms with E-state index in [4.69, 9.17) is 10.2 Å². The van der Waals surface area contributed by atoms with Gasteiger partial charge in [0, 0.05) is 18.5 Å². The van der Waals surface area contributed by atoms with Gasteiger partial charge >= 0.3 is 5.69 Å². The van der Waals surface area contributed by atoms with Crippen LogP contribution in [0.25, 0.3) is 11.0 Å². The van der Waals surface area contributed by atoms with E-state index in [-0.39, 0.29) is 23.8 Å². The first-order valence-corrected chi connectivity index (χ1v) is 9.91. The van der Waals surface area contributed by atoms with E-state index < -0.39 is 17.2 Å². The van der Waals surface area contributed by atoms with Crippen molar-refractivity contribution in [2.75, 3.05) is 17.2 Å². The number of nitrogens with zero attached hydrogens (tertiary/aromatic N) is 2. The van der Waals surface area contributed by atoms with E-state index in [0.29, 0.717) is 18.5 Å². The lowest BCUT2D eigenvalue weighted by Crippen LogP contribution is -2.41. The van der Waals surface area contributed by atoms with E-state index >= 15 is 0 Å². The number of hydrogen-bond donors (Lipinski definition) is 2. The molecule has 2 aromatic heterocycles. The van der Waals surface area contributed by atoms with Gasteiger partial charge in [0.05, 0.1) is 0 Å². The number of carbonyl (C=O) groups excluding carboxylic acids is 1. The average molecular weight is 398 g/mol. The number of anilines is 2. The Kier molecular flexibility index (Phi) is 6.21. The van der Waals surface area contributed by atoms with Gasteiger partial charge < -0.3 is 10.2 Å². The van der Waals surface area contributed by atoms with Crippen LogP contribution < -0.4 is 21.9 Å². The largest absolute Gasteiger partial charge is 0.451 e.